The Hall–Kier alpha value is -0.150. The molecule has 0 aromatic carbocycles. The Morgan fingerprint density at radius 2 is 2.25 bits per heavy atom. The third kappa shape index (κ3) is 6.55. The summed E-state index contributed by atoms with van der Waals surface area (Å²) in [6.45, 7) is 5.60. The average Bonchev–Trinajstić information content (AvgIpc) is 2.01. The Morgan fingerprint density at radius 3 is 2.75 bits per heavy atom. The van der Waals surface area contributed by atoms with Crippen molar-refractivity contribution in [1.29, 1.82) is 0 Å². The maximum atomic E-state index is 10.9. The lowest BCUT2D eigenvalue weighted by Crippen LogP contribution is -1.96. The molecule has 0 aromatic rings. The van der Waals surface area contributed by atoms with E-state index in [1.807, 2.05) is 6.92 Å². The van der Waals surface area contributed by atoms with Gasteiger partial charge in [0, 0.05) is 0 Å². The first kappa shape index (κ1) is 11.8. The second-order valence-electron chi connectivity index (χ2n) is 2.24. The second-order valence-corrected chi connectivity index (χ2v) is 3.69. The number of phosphoric acid groups is 1. The van der Waals surface area contributed by atoms with Crippen molar-refractivity contribution in [2.24, 2.45) is 0 Å². The summed E-state index contributed by atoms with van der Waals surface area (Å²) in [6, 6.07) is 0. The van der Waals surface area contributed by atoms with Gasteiger partial charge in [-0.2, -0.15) is 0 Å². The topological polar surface area (TPSA) is 55.8 Å². The van der Waals surface area contributed by atoms with E-state index in [-0.39, 0.29) is 13.2 Å². The van der Waals surface area contributed by atoms with Crippen LogP contribution in [-0.2, 0) is 13.6 Å². The van der Waals surface area contributed by atoms with Crippen molar-refractivity contribution >= 4 is 7.82 Å². The third-order valence-corrected chi connectivity index (χ3v) is 2.09. The first-order chi connectivity index (χ1) is 5.62. The highest BCUT2D eigenvalue weighted by molar-refractivity contribution is 7.47. The Morgan fingerprint density at radius 1 is 1.58 bits per heavy atom. The van der Waals surface area contributed by atoms with Crippen LogP contribution < -0.4 is 0 Å². The average molecular weight is 194 g/mol. The molecule has 4 nitrogen and oxygen atoms in total. The van der Waals surface area contributed by atoms with Crippen LogP contribution in [0.1, 0.15) is 19.8 Å². The Balaban J connectivity index is 3.56. The first-order valence-corrected chi connectivity index (χ1v) is 5.34. The minimum absolute atomic E-state index is 0.0277. The number of unbranched alkanes of at least 4 members (excludes halogenated alkanes) is 1. The van der Waals surface area contributed by atoms with Gasteiger partial charge in [0.05, 0.1) is 13.2 Å². The quantitative estimate of drug-likeness (QED) is 0.383. The zero-order chi connectivity index (χ0) is 9.45. The molecule has 0 aliphatic carbocycles. The van der Waals surface area contributed by atoms with Crippen molar-refractivity contribution in [1.82, 2.24) is 0 Å². The van der Waals surface area contributed by atoms with Gasteiger partial charge in [0.15, 0.2) is 0 Å². The van der Waals surface area contributed by atoms with Gasteiger partial charge in [-0.1, -0.05) is 19.4 Å². The second kappa shape index (κ2) is 6.38. The molecule has 0 saturated carbocycles. The molecule has 1 unspecified atom stereocenters. The largest absolute Gasteiger partial charge is 0.472 e. The summed E-state index contributed by atoms with van der Waals surface area (Å²) in [5, 5.41) is 0. The Bertz CT molecular complexity index is 169. The van der Waals surface area contributed by atoms with E-state index in [2.05, 4.69) is 15.6 Å². The molecule has 0 radical (unpaired) electrons. The summed E-state index contributed by atoms with van der Waals surface area (Å²) in [7, 11) is -3.81. The lowest BCUT2D eigenvalue weighted by atomic mass is 10.4. The van der Waals surface area contributed by atoms with Gasteiger partial charge in [-0.15, -0.1) is 6.58 Å². The molecule has 1 atom stereocenters. The van der Waals surface area contributed by atoms with Crippen LogP contribution in [-0.4, -0.2) is 18.1 Å². The number of rotatable bonds is 7. The van der Waals surface area contributed by atoms with Gasteiger partial charge in [0.25, 0.3) is 0 Å². The molecular weight excluding hydrogens is 179 g/mol. The monoisotopic (exact) mass is 194 g/mol. The molecule has 72 valence electrons. The van der Waals surface area contributed by atoms with E-state index in [1.165, 1.54) is 6.08 Å². The molecule has 0 rings (SSSR count). The van der Waals surface area contributed by atoms with Gasteiger partial charge in [-0.05, 0) is 6.42 Å². The summed E-state index contributed by atoms with van der Waals surface area (Å²) >= 11 is 0. The van der Waals surface area contributed by atoms with E-state index < -0.39 is 7.82 Å². The summed E-state index contributed by atoms with van der Waals surface area (Å²) in [5.41, 5.74) is 0. The summed E-state index contributed by atoms with van der Waals surface area (Å²) in [6.07, 6.45) is 3.06. The van der Waals surface area contributed by atoms with E-state index in [9.17, 15) is 4.57 Å². The van der Waals surface area contributed by atoms with E-state index in [0.29, 0.717) is 0 Å². The number of hydrogen-bond donors (Lipinski definition) is 1. The highest BCUT2D eigenvalue weighted by Crippen LogP contribution is 2.42. The predicted octanol–water partition coefficient (Wildman–Crippen LogP) is 2.11. The summed E-state index contributed by atoms with van der Waals surface area (Å²) in [5.74, 6) is 0. The maximum absolute atomic E-state index is 10.9. The fourth-order valence-corrected chi connectivity index (χ4v) is 1.24. The highest BCUT2D eigenvalue weighted by Gasteiger charge is 2.18. The normalized spacial score (nSPS) is 15.5. The van der Waals surface area contributed by atoms with Crippen LogP contribution >= 0.6 is 7.82 Å². The molecule has 0 bridgehead atoms. The van der Waals surface area contributed by atoms with Crippen LogP contribution in [0.25, 0.3) is 0 Å². The molecule has 12 heavy (non-hydrogen) atoms. The molecule has 0 aliphatic rings. The molecule has 5 heteroatoms. The molecule has 0 amide bonds. The smallest absolute Gasteiger partial charge is 0.302 e. The summed E-state index contributed by atoms with van der Waals surface area (Å²) < 4.78 is 20.0. The van der Waals surface area contributed by atoms with Crippen LogP contribution in [0.15, 0.2) is 12.7 Å². The van der Waals surface area contributed by atoms with E-state index in [1.54, 1.807) is 0 Å². The third-order valence-electron chi connectivity index (χ3n) is 1.11. The van der Waals surface area contributed by atoms with Crippen molar-refractivity contribution in [2.75, 3.05) is 13.2 Å². The molecule has 0 aromatic heterocycles. The van der Waals surface area contributed by atoms with Gasteiger partial charge in [-0.25, -0.2) is 4.57 Å². The van der Waals surface area contributed by atoms with E-state index >= 15 is 0 Å². The van der Waals surface area contributed by atoms with Crippen LogP contribution in [0.3, 0.4) is 0 Å². The van der Waals surface area contributed by atoms with Crippen LogP contribution in [0.2, 0.25) is 0 Å². The predicted molar refractivity (Wildman–Crippen MR) is 46.8 cm³/mol. The molecule has 1 N–H and O–H groups in total. The van der Waals surface area contributed by atoms with E-state index in [0.717, 1.165) is 12.8 Å². The van der Waals surface area contributed by atoms with Gasteiger partial charge >= 0.3 is 7.82 Å². The Kier molecular flexibility index (Phi) is 6.30. The Labute approximate surface area is 72.8 Å². The zero-order valence-electron chi connectivity index (χ0n) is 7.23. The molecule has 0 heterocycles. The lowest BCUT2D eigenvalue weighted by molar-refractivity contribution is 0.159. The van der Waals surface area contributed by atoms with Crippen molar-refractivity contribution in [3.05, 3.63) is 12.7 Å². The molecule has 0 spiro atoms. The fourth-order valence-electron chi connectivity index (χ4n) is 0.508. The molecule has 0 fully saturated rings. The maximum Gasteiger partial charge on any atom is 0.472 e. The van der Waals surface area contributed by atoms with E-state index in [4.69, 9.17) is 4.89 Å². The standard InChI is InChI=1S/C7H15O4P/c1-3-5-7-11-12(8,9)10-6-4-2/h4H,2-3,5-7H2,1H3,(H,8,9). The molecule has 0 saturated heterocycles. The van der Waals surface area contributed by atoms with Crippen molar-refractivity contribution in [3.63, 3.8) is 0 Å². The molecule has 0 aliphatic heterocycles. The van der Waals surface area contributed by atoms with Crippen molar-refractivity contribution in [3.8, 4) is 0 Å². The van der Waals surface area contributed by atoms with Crippen LogP contribution in [0, 0.1) is 0 Å². The SMILES string of the molecule is C=CCOP(=O)(O)OCCCC. The van der Waals surface area contributed by atoms with Gasteiger partial charge < -0.3 is 4.89 Å². The fraction of sp³-hybridized carbons (Fsp3) is 0.714. The van der Waals surface area contributed by atoms with Gasteiger partial charge in [-0.3, -0.25) is 9.05 Å². The lowest BCUT2D eigenvalue weighted by Gasteiger charge is -2.09. The molecular formula is C7H15O4P. The minimum Gasteiger partial charge on any atom is -0.302 e. The number of hydrogen-bond acceptors (Lipinski definition) is 3. The summed E-state index contributed by atoms with van der Waals surface area (Å²) in [4.78, 5) is 8.94. The van der Waals surface area contributed by atoms with Crippen molar-refractivity contribution < 1.29 is 18.5 Å². The van der Waals surface area contributed by atoms with Gasteiger partial charge in [0.1, 0.15) is 0 Å². The van der Waals surface area contributed by atoms with Crippen LogP contribution in [0.5, 0.6) is 0 Å². The first-order valence-electron chi connectivity index (χ1n) is 3.85. The van der Waals surface area contributed by atoms with Crippen LogP contribution in [0.4, 0.5) is 0 Å². The minimum atomic E-state index is -3.81. The number of phosphoric ester groups is 1. The van der Waals surface area contributed by atoms with Gasteiger partial charge in [0.2, 0.25) is 0 Å². The zero-order valence-corrected chi connectivity index (χ0v) is 8.13. The van der Waals surface area contributed by atoms with Crippen molar-refractivity contribution in [2.45, 2.75) is 19.8 Å². The highest BCUT2D eigenvalue weighted by atomic mass is 31.2.